The van der Waals surface area contributed by atoms with Gasteiger partial charge in [-0.2, -0.15) is 5.10 Å². The molecule has 0 aliphatic heterocycles. The summed E-state index contributed by atoms with van der Waals surface area (Å²) in [7, 11) is 1.70. The highest BCUT2D eigenvalue weighted by atomic mass is 19.2. The Hall–Kier alpha value is -1.82. The third-order valence-corrected chi connectivity index (χ3v) is 2.27. The van der Waals surface area contributed by atoms with E-state index in [1.54, 1.807) is 7.05 Å². The van der Waals surface area contributed by atoms with Gasteiger partial charge in [0.1, 0.15) is 12.2 Å². The van der Waals surface area contributed by atoms with Crippen LogP contribution in [-0.2, 0) is 0 Å². The molecule has 0 fully saturated rings. The molecule has 0 aliphatic rings. The first kappa shape index (κ1) is 10.7. The number of benzene rings is 1. The molecule has 0 amide bonds. The predicted molar refractivity (Wildman–Crippen MR) is 53.6 cm³/mol. The molecule has 1 aromatic heterocycles. The molecule has 1 heterocycles. The highest BCUT2D eigenvalue weighted by molar-refractivity contribution is 5.25. The van der Waals surface area contributed by atoms with Gasteiger partial charge in [-0.1, -0.05) is 6.07 Å². The molecule has 1 aromatic carbocycles. The second kappa shape index (κ2) is 4.36. The molecule has 0 spiro atoms. The number of aromatic nitrogens is 3. The summed E-state index contributed by atoms with van der Waals surface area (Å²) in [6.07, 6.45) is 1.36. The van der Waals surface area contributed by atoms with E-state index in [1.807, 2.05) is 0 Å². The zero-order chi connectivity index (χ0) is 11.5. The lowest BCUT2D eigenvalue weighted by Crippen LogP contribution is -2.19. The van der Waals surface area contributed by atoms with Gasteiger partial charge in [-0.15, -0.1) is 0 Å². The minimum absolute atomic E-state index is 0.336. The van der Waals surface area contributed by atoms with E-state index in [9.17, 15) is 8.78 Å². The Kier molecular flexibility index (Phi) is 2.91. The summed E-state index contributed by atoms with van der Waals surface area (Å²) in [6, 6.07) is 3.39. The van der Waals surface area contributed by atoms with Gasteiger partial charge in [0.05, 0.1) is 6.04 Å². The molecule has 0 radical (unpaired) electrons. The molecule has 0 saturated carbocycles. The van der Waals surface area contributed by atoms with E-state index in [2.05, 4.69) is 20.5 Å². The molecule has 0 bridgehead atoms. The van der Waals surface area contributed by atoms with Crippen LogP contribution in [0.4, 0.5) is 8.78 Å². The highest BCUT2D eigenvalue weighted by Crippen LogP contribution is 2.19. The van der Waals surface area contributed by atoms with E-state index >= 15 is 0 Å². The van der Waals surface area contributed by atoms with Gasteiger partial charge in [-0.3, -0.25) is 5.10 Å². The normalized spacial score (nSPS) is 12.7. The Morgan fingerprint density at radius 1 is 1.31 bits per heavy atom. The molecule has 1 unspecified atom stereocenters. The molecular weight excluding hydrogens is 214 g/mol. The van der Waals surface area contributed by atoms with Gasteiger partial charge >= 0.3 is 0 Å². The minimum atomic E-state index is -0.878. The Morgan fingerprint density at radius 3 is 2.69 bits per heavy atom. The quantitative estimate of drug-likeness (QED) is 0.828. The van der Waals surface area contributed by atoms with Crippen LogP contribution in [0.3, 0.4) is 0 Å². The first-order chi connectivity index (χ1) is 7.72. The lowest BCUT2D eigenvalue weighted by molar-refractivity contribution is 0.504. The smallest absolute Gasteiger partial charge is 0.159 e. The Morgan fingerprint density at radius 2 is 2.12 bits per heavy atom. The van der Waals surface area contributed by atoms with Crippen LogP contribution in [0.1, 0.15) is 17.4 Å². The third-order valence-electron chi connectivity index (χ3n) is 2.27. The maximum absolute atomic E-state index is 13.1. The lowest BCUT2D eigenvalue weighted by Gasteiger charge is -2.13. The fourth-order valence-electron chi connectivity index (χ4n) is 1.51. The van der Waals surface area contributed by atoms with Gasteiger partial charge in [0, 0.05) is 0 Å². The molecule has 6 heteroatoms. The van der Waals surface area contributed by atoms with Crippen molar-refractivity contribution in [1.82, 2.24) is 20.5 Å². The first-order valence-electron chi connectivity index (χ1n) is 4.70. The molecular formula is C10H10F2N4. The van der Waals surface area contributed by atoms with Crippen LogP contribution in [0, 0.1) is 11.6 Å². The van der Waals surface area contributed by atoms with Crippen molar-refractivity contribution in [2.24, 2.45) is 0 Å². The summed E-state index contributed by atoms with van der Waals surface area (Å²) < 4.78 is 25.8. The minimum Gasteiger partial charge on any atom is -0.307 e. The maximum Gasteiger partial charge on any atom is 0.159 e. The van der Waals surface area contributed by atoms with Crippen LogP contribution in [0.25, 0.3) is 0 Å². The van der Waals surface area contributed by atoms with Crippen molar-refractivity contribution in [2.75, 3.05) is 7.05 Å². The Balaban J connectivity index is 2.37. The van der Waals surface area contributed by atoms with E-state index in [4.69, 9.17) is 0 Å². The number of nitrogens with zero attached hydrogens (tertiary/aromatic N) is 2. The molecule has 2 N–H and O–H groups in total. The molecule has 4 nitrogen and oxygen atoms in total. The van der Waals surface area contributed by atoms with E-state index in [1.165, 1.54) is 12.4 Å². The van der Waals surface area contributed by atoms with Crippen LogP contribution in [0.2, 0.25) is 0 Å². The molecule has 16 heavy (non-hydrogen) atoms. The van der Waals surface area contributed by atoms with Crippen molar-refractivity contribution in [3.05, 3.63) is 47.5 Å². The number of aromatic amines is 1. The van der Waals surface area contributed by atoms with E-state index in [0.717, 1.165) is 12.1 Å². The predicted octanol–water partition coefficient (Wildman–Crippen LogP) is 1.39. The van der Waals surface area contributed by atoms with Crippen molar-refractivity contribution < 1.29 is 8.78 Å². The van der Waals surface area contributed by atoms with Crippen LogP contribution in [0.5, 0.6) is 0 Å². The van der Waals surface area contributed by atoms with Crippen molar-refractivity contribution >= 4 is 0 Å². The number of nitrogens with one attached hydrogen (secondary N) is 2. The van der Waals surface area contributed by atoms with Gasteiger partial charge in [0.2, 0.25) is 0 Å². The first-order valence-corrected chi connectivity index (χ1v) is 4.70. The fraction of sp³-hybridized carbons (Fsp3) is 0.200. The molecule has 1 atom stereocenters. The Labute approximate surface area is 90.7 Å². The largest absolute Gasteiger partial charge is 0.307 e. The van der Waals surface area contributed by atoms with Gasteiger partial charge in [0.25, 0.3) is 0 Å². The lowest BCUT2D eigenvalue weighted by atomic mass is 10.1. The number of rotatable bonds is 3. The number of hydrogen-bond acceptors (Lipinski definition) is 3. The van der Waals surface area contributed by atoms with Gasteiger partial charge < -0.3 is 5.32 Å². The van der Waals surface area contributed by atoms with E-state index in [-0.39, 0.29) is 6.04 Å². The zero-order valence-corrected chi connectivity index (χ0v) is 8.54. The van der Waals surface area contributed by atoms with Crippen LogP contribution in [0.15, 0.2) is 24.5 Å². The van der Waals surface area contributed by atoms with Crippen molar-refractivity contribution in [3.63, 3.8) is 0 Å². The summed E-state index contributed by atoms with van der Waals surface area (Å²) in [6.45, 7) is 0. The third kappa shape index (κ3) is 1.92. The SMILES string of the molecule is CNC(c1ccc(F)c(F)c1)c1ncn[nH]1. The summed E-state index contributed by atoms with van der Waals surface area (Å²) >= 11 is 0. The van der Waals surface area contributed by atoms with Crippen LogP contribution >= 0.6 is 0 Å². The number of hydrogen-bond donors (Lipinski definition) is 2. The monoisotopic (exact) mass is 224 g/mol. The van der Waals surface area contributed by atoms with Gasteiger partial charge in [-0.05, 0) is 24.7 Å². The summed E-state index contributed by atoms with van der Waals surface area (Å²) in [5.41, 5.74) is 0.582. The van der Waals surface area contributed by atoms with Gasteiger partial charge in [-0.25, -0.2) is 13.8 Å². The second-order valence-electron chi connectivity index (χ2n) is 3.27. The Bertz CT molecular complexity index is 470. The average Bonchev–Trinajstić information content (AvgIpc) is 2.78. The number of H-pyrrole nitrogens is 1. The van der Waals surface area contributed by atoms with E-state index < -0.39 is 11.6 Å². The topological polar surface area (TPSA) is 53.6 Å². The molecule has 84 valence electrons. The van der Waals surface area contributed by atoms with Crippen LogP contribution in [-0.4, -0.2) is 22.2 Å². The maximum atomic E-state index is 13.1. The van der Waals surface area contributed by atoms with Crippen molar-refractivity contribution in [1.29, 1.82) is 0 Å². The number of halogens is 2. The fourth-order valence-corrected chi connectivity index (χ4v) is 1.51. The zero-order valence-electron chi connectivity index (χ0n) is 8.54. The molecule has 2 aromatic rings. The average molecular weight is 224 g/mol. The van der Waals surface area contributed by atoms with Crippen molar-refractivity contribution in [2.45, 2.75) is 6.04 Å². The van der Waals surface area contributed by atoms with Gasteiger partial charge in [0.15, 0.2) is 11.6 Å². The standard InChI is InChI=1S/C10H10F2N4/c1-13-9(10-14-5-15-16-10)6-2-3-7(11)8(12)4-6/h2-5,9,13H,1H3,(H,14,15,16). The summed E-state index contributed by atoms with van der Waals surface area (Å²) in [4.78, 5) is 3.97. The van der Waals surface area contributed by atoms with Crippen molar-refractivity contribution in [3.8, 4) is 0 Å². The van der Waals surface area contributed by atoms with Crippen LogP contribution < -0.4 is 5.32 Å². The second-order valence-corrected chi connectivity index (χ2v) is 3.27. The molecule has 0 saturated heterocycles. The molecule has 2 rings (SSSR count). The van der Waals surface area contributed by atoms with E-state index in [0.29, 0.717) is 11.4 Å². The summed E-state index contributed by atoms with van der Waals surface area (Å²) in [5, 5.41) is 9.34. The highest BCUT2D eigenvalue weighted by Gasteiger charge is 2.16. The summed E-state index contributed by atoms with van der Waals surface area (Å²) in [5.74, 6) is -1.19. The molecule has 0 aliphatic carbocycles.